The fourth-order valence-corrected chi connectivity index (χ4v) is 12.1. The molecule has 5 N–H and O–H groups in total. The normalized spacial score (nSPS) is 37.9. The largest absolute Gasteiger partial charge is 0.494 e. The van der Waals surface area contributed by atoms with Gasteiger partial charge in [0.15, 0.2) is 6.29 Å². The molecular formula is C56H90N6O13. The Labute approximate surface area is 445 Å². The Morgan fingerprint density at radius 2 is 1.61 bits per heavy atom. The molecule has 3 saturated heterocycles. The fraction of sp³-hybridized carbons (Fsp3) is 0.750. The third kappa shape index (κ3) is 14.4. The molecule has 18 atom stereocenters. The maximum atomic E-state index is 14.6. The number of carbonyl (C=O) groups is 1. The van der Waals surface area contributed by atoms with Gasteiger partial charge in [0, 0.05) is 88.0 Å². The predicted octanol–water partition coefficient (Wildman–Crippen LogP) is 4.92. The Bertz CT molecular complexity index is 2230. The van der Waals surface area contributed by atoms with Crippen LogP contribution < -0.4 is 9.47 Å². The average Bonchev–Trinajstić information content (AvgIpc) is 3.84. The number of carbonyl (C=O) groups excluding carboxylic acids is 1. The smallest absolute Gasteiger partial charge is 0.309 e. The molecule has 5 heterocycles. The SMILES string of the molecule is CC[C@H]1OC(=O)[C@H](C)[C@@H](C2C[C@@](C)(OC)[C@@H](O)[C@H](C)O2)[C@H](C)[C@@H](O[C@@H]2O[C@H](C)C[C@H](N(C)CCc3cn(CCCOc4ccc(-c5ccc(OC)nc5)cc4)nn3)[C@H]2O)[C@](C)(O)C[C@@H](C)CN(C)[C@H](C)[C@@H](O)[C@]1(C)O. The summed E-state index contributed by atoms with van der Waals surface area (Å²) >= 11 is 0. The van der Waals surface area contributed by atoms with Gasteiger partial charge in [0.05, 0.1) is 60.9 Å². The number of aliphatic hydroxyl groups excluding tert-OH is 3. The lowest BCUT2D eigenvalue weighted by molar-refractivity contribution is -0.302. The third-order valence-electron chi connectivity index (χ3n) is 16.7. The molecule has 3 aromatic rings. The van der Waals surface area contributed by atoms with Crippen LogP contribution in [0.15, 0.2) is 48.8 Å². The van der Waals surface area contributed by atoms with Gasteiger partial charge in [0.1, 0.15) is 35.8 Å². The van der Waals surface area contributed by atoms with Crippen molar-refractivity contribution in [2.45, 2.75) is 198 Å². The van der Waals surface area contributed by atoms with E-state index in [1.165, 1.54) is 14.0 Å². The van der Waals surface area contributed by atoms with Crippen LogP contribution in [0.5, 0.6) is 11.6 Å². The van der Waals surface area contributed by atoms with E-state index in [1.54, 1.807) is 41.0 Å². The maximum Gasteiger partial charge on any atom is 0.309 e. The van der Waals surface area contributed by atoms with E-state index in [0.29, 0.717) is 45.0 Å². The number of nitrogens with zero attached hydrogens (tertiary/aromatic N) is 6. The number of aromatic nitrogens is 4. The maximum absolute atomic E-state index is 14.6. The van der Waals surface area contributed by atoms with Crippen LogP contribution in [0.1, 0.15) is 107 Å². The monoisotopic (exact) mass is 1050 g/mol. The molecule has 0 saturated carbocycles. The van der Waals surface area contributed by atoms with Gasteiger partial charge >= 0.3 is 5.97 Å². The van der Waals surface area contributed by atoms with E-state index < -0.39 is 102 Å². The van der Waals surface area contributed by atoms with Crippen molar-refractivity contribution < 1.29 is 63.5 Å². The van der Waals surface area contributed by atoms with Crippen LogP contribution >= 0.6 is 0 Å². The zero-order chi connectivity index (χ0) is 55.2. The minimum Gasteiger partial charge on any atom is -0.494 e. The number of rotatable bonds is 16. The summed E-state index contributed by atoms with van der Waals surface area (Å²) in [6, 6.07) is 10.7. The molecule has 19 heteroatoms. The van der Waals surface area contributed by atoms with E-state index >= 15 is 0 Å². The quantitative estimate of drug-likeness (QED) is 0.0947. The second-order valence-electron chi connectivity index (χ2n) is 22.8. The second kappa shape index (κ2) is 25.7. The molecule has 0 bridgehead atoms. The minimum absolute atomic E-state index is 0.170. The van der Waals surface area contributed by atoms with Crippen LogP contribution in [-0.2, 0) is 41.4 Å². The highest BCUT2D eigenvalue weighted by Gasteiger charge is 2.55. The minimum atomic E-state index is -1.81. The van der Waals surface area contributed by atoms with Crippen molar-refractivity contribution in [1.82, 2.24) is 29.8 Å². The topological polar surface area (TPSA) is 233 Å². The summed E-state index contributed by atoms with van der Waals surface area (Å²) in [5, 5.41) is 69.0. The first-order chi connectivity index (χ1) is 35.3. The summed E-state index contributed by atoms with van der Waals surface area (Å²) in [5.41, 5.74) is -1.63. The molecule has 0 spiro atoms. The summed E-state index contributed by atoms with van der Waals surface area (Å²) in [6.45, 7) is 20.1. The molecular weight excluding hydrogens is 965 g/mol. The van der Waals surface area contributed by atoms with Crippen LogP contribution in [-0.4, -0.2) is 193 Å². The van der Waals surface area contributed by atoms with Gasteiger partial charge in [-0.25, -0.2) is 4.98 Å². The zero-order valence-electron chi connectivity index (χ0n) is 47.0. The van der Waals surface area contributed by atoms with E-state index in [0.717, 1.165) is 29.0 Å². The Morgan fingerprint density at radius 3 is 2.25 bits per heavy atom. The number of likely N-dealkylation sites (N-methyl/N-ethyl adjacent to an activating group) is 2. The van der Waals surface area contributed by atoms with Crippen molar-refractivity contribution in [3.63, 3.8) is 0 Å². The molecule has 3 fully saturated rings. The number of cyclic esters (lactones) is 1. The van der Waals surface area contributed by atoms with Crippen LogP contribution in [0, 0.1) is 23.7 Å². The Morgan fingerprint density at radius 1 is 0.920 bits per heavy atom. The summed E-state index contributed by atoms with van der Waals surface area (Å²) in [4.78, 5) is 22.9. The molecule has 422 valence electrons. The molecule has 3 aliphatic rings. The number of benzene rings is 1. The third-order valence-corrected chi connectivity index (χ3v) is 16.7. The van der Waals surface area contributed by atoms with Crippen molar-refractivity contribution in [3.05, 3.63) is 54.5 Å². The van der Waals surface area contributed by atoms with Crippen LogP contribution in [0.25, 0.3) is 11.1 Å². The van der Waals surface area contributed by atoms with Gasteiger partial charge in [-0.2, -0.15) is 0 Å². The highest BCUT2D eigenvalue weighted by atomic mass is 16.7. The van der Waals surface area contributed by atoms with Gasteiger partial charge in [0.25, 0.3) is 0 Å². The zero-order valence-corrected chi connectivity index (χ0v) is 47.0. The average molecular weight is 1060 g/mol. The number of pyridine rings is 1. The van der Waals surface area contributed by atoms with Gasteiger partial charge in [-0.15, -0.1) is 5.10 Å². The summed E-state index contributed by atoms with van der Waals surface area (Å²) in [7, 11) is 6.94. The number of aliphatic hydroxyl groups is 5. The highest BCUT2D eigenvalue weighted by Crippen LogP contribution is 2.45. The number of esters is 1. The lowest BCUT2D eigenvalue weighted by atomic mass is 9.68. The van der Waals surface area contributed by atoms with E-state index in [-0.39, 0.29) is 31.3 Å². The molecule has 2 aromatic heterocycles. The molecule has 0 aliphatic carbocycles. The number of ether oxygens (including phenoxy) is 7. The first-order valence-corrected chi connectivity index (χ1v) is 27.1. The summed E-state index contributed by atoms with van der Waals surface area (Å²) in [6.07, 6.45) is -2.30. The Balaban J connectivity index is 1.17. The summed E-state index contributed by atoms with van der Waals surface area (Å²) in [5.74, 6) is -1.79. The molecule has 0 radical (unpaired) electrons. The molecule has 19 nitrogen and oxygen atoms in total. The lowest BCUT2D eigenvalue weighted by Crippen LogP contribution is -2.62. The van der Waals surface area contributed by atoms with E-state index in [2.05, 4.69) is 20.2 Å². The molecule has 3 aliphatic heterocycles. The highest BCUT2D eigenvalue weighted by molar-refractivity contribution is 5.73. The van der Waals surface area contributed by atoms with Crippen molar-refractivity contribution in [2.75, 3.05) is 48.0 Å². The van der Waals surface area contributed by atoms with Crippen LogP contribution in [0.2, 0.25) is 0 Å². The molecule has 6 rings (SSSR count). The van der Waals surface area contributed by atoms with Crippen molar-refractivity contribution in [1.29, 1.82) is 0 Å². The van der Waals surface area contributed by atoms with Gasteiger partial charge in [-0.3, -0.25) is 9.48 Å². The molecule has 0 amide bonds. The lowest BCUT2D eigenvalue weighted by Gasteiger charge is -2.51. The molecule has 1 aromatic carbocycles. The standard InChI is InChI=1S/C56H90N6O13/c1-15-45-56(10,68)49(64)37(6)61(12)31-33(2)28-54(8,67)51(35(4)47(36(5)52(66)74-45)44-29-55(9,70-14)50(65)38(7)73-44)75-53-48(63)43(27-34(3)72-53)60(11)25-23-41-32-62(59-58-41)24-16-26-71-42-20-17-39(18-21-42)40-19-22-46(69-13)57-30-40/h17-22,30,32-38,43-45,47-51,53,63-65,67-68H,15-16,23-29,31H2,1-14H3/t33-,34-,35+,36-,37-,38+,43+,44?,45-,47+,48-,49-,50+,51-,53+,54-,55-,56-/m1/s1. The number of aryl methyl sites for hydroxylation is 1. The van der Waals surface area contributed by atoms with E-state index in [9.17, 15) is 30.3 Å². The number of methoxy groups -OCH3 is 2. The fourth-order valence-electron chi connectivity index (χ4n) is 12.1. The number of hydrogen-bond donors (Lipinski definition) is 5. The van der Waals surface area contributed by atoms with E-state index in [1.807, 2.05) is 101 Å². The van der Waals surface area contributed by atoms with Gasteiger partial charge in [-0.05, 0) is 110 Å². The van der Waals surface area contributed by atoms with Crippen LogP contribution in [0.3, 0.4) is 0 Å². The molecule has 75 heavy (non-hydrogen) atoms. The van der Waals surface area contributed by atoms with Gasteiger partial charge in [-0.1, -0.05) is 45.0 Å². The predicted molar refractivity (Wildman–Crippen MR) is 282 cm³/mol. The molecule has 1 unspecified atom stereocenters. The Kier molecular flexibility index (Phi) is 20.7. The Hall–Kier alpha value is -3.86. The first kappa shape index (κ1) is 60.4. The second-order valence-corrected chi connectivity index (χ2v) is 22.8. The van der Waals surface area contributed by atoms with Crippen molar-refractivity contribution in [3.8, 4) is 22.8 Å². The van der Waals surface area contributed by atoms with Gasteiger partial charge in [0.2, 0.25) is 5.88 Å². The first-order valence-electron chi connectivity index (χ1n) is 27.1. The number of hydrogen-bond acceptors (Lipinski definition) is 18. The van der Waals surface area contributed by atoms with Gasteiger partial charge < -0.3 is 68.5 Å². The van der Waals surface area contributed by atoms with Crippen molar-refractivity contribution in [2.24, 2.45) is 23.7 Å². The van der Waals surface area contributed by atoms with Crippen molar-refractivity contribution >= 4 is 5.97 Å². The van der Waals surface area contributed by atoms with Crippen LogP contribution in [0.4, 0.5) is 0 Å². The summed E-state index contributed by atoms with van der Waals surface area (Å²) < 4.78 is 45.3. The van der Waals surface area contributed by atoms with E-state index in [4.69, 9.17) is 33.2 Å².